The molecule has 8 nitrogen and oxygen atoms in total. The Morgan fingerprint density at radius 3 is 2.47 bits per heavy atom. The molecular formula is C21H28N4O4S. The standard InChI is InChI=1S/C21H28N4O4S/c26-20(24(15-5-6-15)17-9-12-30(28,29)14-17)13-23-10-7-16(8-11-23)25-19-4-2-1-3-18(19)22-21(25)27/h1-4,15-17H,5-14H2,(H,22,27). The van der Waals surface area contributed by atoms with E-state index in [9.17, 15) is 18.0 Å². The van der Waals surface area contributed by atoms with E-state index in [1.807, 2.05) is 33.7 Å². The summed E-state index contributed by atoms with van der Waals surface area (Å²) in [6.45, 7) is 1.84. The molecule has 1 aromatic heterocycles. The molecule has 162 valence electrons. The van der Waals surface area contributed by atoms with Crippen LogP contribution in [0.4, 0.5) is 0 Å². The van der Waals surface area contributed by atoms with Crippen LogP contribution in [0.2, 0.25) is 0 Å². The molecule has 3 heterocycles. The fourth-order valence-electron chi connectivity index (χ4n) is 5.10. The van der Waals surface area contributed by atoms with Crippen LogP contribution in [-0.4, -0.2) is 76.9 Å². The third-order valence-electron chi connectivity index (χ3n) is 6.74. The molecule has 0 spiro atoms. The first kappa shape index (κ1) is 19.8. The molecule has 30 heavy (non-hydrogen) atoms. The number of sulfone groups is 1. The average Bonchev–Trinajstić information content (AvgIpc) is 3.39. The molecule has 1 aromatic carbocycles. The number of hydrogen-bond donors (Lipinski definition) is 1. The molecule has 1 amide bonds. The highest BCUT2D eigenvalue weighted by molar-refractivity contribution is 7.91. The molecule has 1 aliphatic carbocycles. The van der Waals surface area contributed by atoms with E-state index in [1.165, 1.54) is 0 Å². The number of para-hydroxylation sites is 2. The van der Waals surface area contributed by atoms with Crippen LogP contribution in [-0.2, 0) is 14.6 Å². The largest absolute Gasteiger partial charge is 0.335 e. The molecule has 0 radical (unpaired) electrons. The lowest BCUT2D eigenvalue weighted by Gasteiger charge is -2.35. The molecule has 1 saturated carbocycles. The lowest BCUT2D eigenvalue weighted by atomic mass is 10.0. The fraction of sp³-hybridized carbons (Fsp3) is 0.619. The van der Waals surface area contributed by atoms with Gasteiger partial charge in [-0.3, -0.25) is 14.3 Å². The second-order valence-corrected chi connectivity index (χ2v) is 11.1. The maximum absolute atomic E-state index is 13.1. The van der Waals surface area contributed by atoms with Crippen LogP contribution in [0.15, 0.2) is 29.1 Å². The van der Waals surface area contributed by atoms with E-state index in [1.54, 1.807) is 0 Å². The second kappa shape index (κ2) is 7.53. The van der Waals surface area contributed by atoms with E-state index < -0.39 is 9.84 Å². The van der Waals surface area contributed by atoms with E-state index >= 15 is 0 Å². The number of benzene rings is 1. The monoisotopic (exact) mass is 432 g/mol. The van der Waals surface area contributed by atoms with Crippen LogP contribution in [0.3, 0.4) is 0 Å². The van der Waals surface area contributed by atoms with Crippen molar-refractivity contribution in [3.8, 4) is 0 Å². The lowest BCUT2D eigenvalue weighted by molar-refractivity contribution is -0.135. The van der Waals surface area contributed by atoms with Crippen molar-refractivity contribution in [1.29, 1.82) is 0 Å². The first-order chi connectivity index (χ1) is 14.4. The van der Waals surface area contributed by atoms with Crippen LogP contribution >= 0.6 is 0 Å². The Kier molecular flexibility index (Phi) is 4.97. The third kappa shape index (κ3) is 3.80. The Hall–Kier alpha value is -2.13. The summed E-state index contributed by atoms with van der Waals surface area (Å²) < 4.78 is 25.6. The van der Waals surface area contributed by atoms with Crippen LogP contribution in [0, 0.1) is 0 Å². The molecule has 3 fully saturated rings. The minimum absolute atomic E-state index is 0.0577. The Bertz CT molecular complexity index is 1110. The van der Waals surface area contributed by atoms with Crippen molar-refractivity contribution in [2.45, 2.75) is 50.2 Å². The van der Waals surface area contributed by atoms with Gasteiger partial charge in [-0.25, -0.2) is 13.2 Å². The number of likely N-dealkylation sites (tertiary alicyclic amines) is 1. The van der Waals surface area contributed by atoms with Gasteiger partial charge in [-0.1, -0.05) is 12.1 Å². The van der Waals surface area contributed by atoms with Gasteiger partial charge in [0, 0.05) is 31.2 Å². The first-order valence-electron chi connectivity index (χ1n) is 10.8. The number of aromatic amines is 1. The number of carbonyl (C=O) groups is 1. The highest BCUT2D eigenvalue weighted by atomic mass is 32.2. The number of fused-ring (bicyclic) bond motifs is 1. The summed E-state index contributed by atoms with van der Waals surface area (Å²) in [5.41, 5.74) is 1.71. The summed E-state index contributed by atoms with van der Waals surface area (Å²) in [6.07, 6.45) is 4.16. The average molecular weight is 433 g/mol. The first-order valence-corrected chi connectivity index (χ1v) is 12.7. The zero-order chi connectivity index (χ0) is 20.9. The highest BCUT2D eigenvalue weighted by Crippen LogP contribution is 2.33. The van der Waals surface area contributed by atoms with E-state index in [0.29, 0.717) is 13.0 Å². The fourth-order valence-corrected chi connectivity index (χ4v) is 6.81. The predicted octanol–water partition coefficient (Wildman–Crippen LogP) is 1.14. The maximum atomic E-state index is 13.1. The third-order valence-corrected chi connectivity index (χ3v) is 8.49. The van der Waals surface area contributed by atoms with Crippen molar-refractivity contribution in [3.63, 3.8) is 0 Å². The molecule has 0 bridgehead atoms. The van der Waals surface area contributed by atoms with Gasteiger partial charge in [0.1, 0.15) is 0 Å². The Balaban J connectivity index is 1.23. The molecular weight excluding hydrogens is 404 g/mol. The number of amides is 1. The van der Waals surface area contributed by atoms with Crippen molar-refractivity contribution < 1.29 is 13.2 Å². The number of H-pyrrole nitrogens is 1. The molecule has 1 N–H and O–H groups in total. The molecule has 2 saturated heterocycles. The molecule has 5 rings (SSSR count). The lowest BCUT2D eigenvalue weighted by Crippen LogP contribution is -2.49. The van der Waals surface area contributed by atoms with Gasteiger partial charge < -0.3 is 9.88 Å². The van der Waals surface area contributed by atoms with Crippen LogP contribution < -0.4 is 5.69 Å². The van der Waals surface area contributed by atoms with Crippen LogP contribution in [0.5, 0.6) is 0 Å². The Labute approximate surface area is 175 Å². The smallest absolute Gasteiger partial charge is 0.326 e. The van der Waals surface area contributed by atoms with Crippen molar-refractivity contribution >= 4 is 26.8 Å². The number of rotatable bonds is 5. The van der Waals surface area contributed by atoms with E-state index in [4.69, 9.17) is 0 Å². The molecule has 2 aromatic rings. The van der Waals surface area contributed by atoms with Gasteiger partial charge in [0.25, 0.3) is 0 Å². The van der Waals surface area contributed by atoms with Gasteiger partial charge in [-0.2, -0.15) is 0 Å². The van der Waals surface area contributed by atoms with Crippen molar-refractivity contribution in [2.24, 2.45) is 0 Å². The number of carbonyl (C=O) groups excluding carboxylic acids is 1. The topological polar surface area (TPSA) is 95.5 Å². The summed E-state index contributed by atoms with van der Waals surface area (Å²) >= 11 is 0. The molecule has 9 heteroatoms. The van der Waals surface area contributed by atoms with E-state index in [-0.39, 0.29) is 41.2 Å². The molecule has 3 aliphatic rings. The van der Waals surface area contributed by atoms with Gasteiger partial charge in [-0.05, 0) is 44.2 Å². The molecule has 2 aliphatic heterocycles. The summed E-state index contributed by atoms with van der Waals surface area (Å²) in [7, 11) is -3.01. The zero-order valence-electron chi connectivity index (χ0n) is 17.0. The van der Waals surface area contributed by atoms with E-state index in [2.05, 4.69) is 9.88 Å². The van der Waals surface area contributed by atoms with Gasteiger partial charge in [0.05, 0.1) is 29.1 Å². The summed E-state index contributed by atoms with van der Waals surface area (Å²) in [5, 5.41) is 0. The normalized spacial score (nSPS) is 25.0. The van der Waals surface area contributed by atoms with Gasteiger partial charge >= 0.3 is 5.69 Å². The quantitative estimate of drug-likeness (QED) is 0.765. The number of nitrogens with one attached hydrogen (secondary N) is 1. The summed E-state index contributed by atoms with van der Waals surface area (Å²) in [4.78, 5) is 32.5. The minimum atomic E-state index is -3.01. The van der Waals surface area contributed by atoms with Crippen molar-refractivity contribution in [2.75, 3.05) is 31.1 Å². The second-order valence-electron chi connectivity index (χ2n) is 8.91. The van der Waals surface area contributed by atoms with Gasteiger partial charge in [0.2, 0.25) is 5.91 Å². The zero-order valence-corrected chi connectivity index (χ0v) is 17.8. The van der Waals surface area contributed by atoms with Gasteiger partial charge in [0.15, 0.2) is 9.84 Å². The van der Waals surface area contributed by atoms with Crippen LogP contribution in [0.25, 0.3) is 11.0 Å². The Morgan fingerprint density at radius 2 is 1.80 bits per heavy atom. The maximum Gasteiger partial charge on any atom is 0.326 e. The Morgan fingerprint density at radius 1 is 1.07 bits per heavy atom. The number of aromatic nitrogens is 2. The number of nitrogens with zero attached hydrogens (tertiary/aromatic N) is 3. The van der Waals surface area contributed by atoms with Crippen molar-refractivity contribution in [3.05, 3.63) is 34.7 Å². The molecule has 1 atom stereocenters. The number of imidazole rings is 1. The summed E-state index contributed by atoms with van der Waals surface area (Å²) in [5.74, 6) is 0.363. The van der Waals surface area contributed by atoms with E-state index in [0.717, 1.165) is 49.8 Å². The van der Waals surface area contributed by atoms with Gasteiger partial charge in [-0.15, -0.1) is 0 Å². The van der Waals surface area contributed by atoms with Crippen molar-refractivity contribution in [1.82, 2.24) is 19.4 Å². The summed E-state index contributed by atoms with van der Waals surface area (Å²) in [6, 6.07) is 7.92. The molecule has 1 unspecified atom stereocenters. The number of piperidine rings is 1. The minimum Gasteiger partial charge on any atom is -0.335 e. The predicted molar refractivity (Wildman–Crippen MR) is 114 cm³/mol. The SMILES string of the molecule is O=C(CN1CCC(n2c(=O)[nH]c3ccccc32)CC1)N(C1CC1)C1CCS(=O)(=O)C1. The van der Waals surface area contributed by atoms with Crippen LogP contribution in [0.1, 0.15) is 38.1 Å². The highest BCUT2D eigenvalue weighted by Gasteiger charge is 2.42. The number of hydrogen-bond acceptors (Lipinski definition) is 5.